The summed E-state index contributed by atoms with van der Waals surface area (Å²) in [4.78, 5) is 17.8. The number of rotatable bonds is 5. The van der Waals surface area contributed by atoms with Gasteiger partial charge in [-0.3, -0.25) is 10.1 Å². The first kappa shape index (κ1) is 17.0. The number of anilines is 1. The Morgan fingerprint density at radius 2 is 2.04 bits per heavy atom. The van der Waals surface area contributed by atoms with E-state index >= 15 is 0 Å². The fraction of sp³-hybridized carbons (Fsp3) is 0.625. The number of fused-ring (bicyclic) bond motifs is 1. The highest BCUT2D eigenvalue weighted by Gasteiger charge is 2.23. The number of aryl methyl sites for hydroxylation is 3. The molecule has 2 N–H and O–H groups in total. The molecule has 0 spiro atoms. The summed E-state index contributed by atoms with van der Waals surface area (Å²) in [5.74, 6) is 1.87. The van der Waals surface area contributed by atoms with Crippen LogP contribution < -0.4 is 10.6 Å². The predicted molar refractivity (Wildman–Crippen MR) is 94.2 cm³/mol. The van der Waals surface area contributed by atoms with Gasteiger partial charge in [0.1, 0.15) is 11.6 Å². The van der Waals surface area contributed by atoms with Gasteiger partial charge in [-0.05, 0) is 40.5 Å². The Balaban J connectivity index is 1.62. The number of amides is 1. The second-order valence-electron chi connectivity index (χ2n) is 6.34. The van der Waals surface area contributed by atoms with Crippen molar-refractivity contribution < 1.29 is 4.79 Å². The Kier molecular flexibility index (Phi) is 4.96. The highest BCUT2D eigenvalue weighted by atomic mass is 32.1. The molecule has 2 atom stereocenters. The summed E-state index contributed by atoms with van der Waals surface area (Å²) in [6, 6.07) is -0.383. The topological polar surface area (TPSA) is 84.7 Å². The molecule has 0 aliphatic carbocycles. The lowest BCUT2D eigenvalue weighted by molar-refractivity contribution is -0.118. The van der Waals surface area contributed by atoms with E-state index in [4.69, 9.17) is 0 Å². The van der Waals surface area contributed by atoms with E-state index in [1.165, 1.54) is 17.8 Å². The smallest absolute Gasteiger partial charge is 0.243 e. The Morgan fingerprint density at radius 3 is 2.75 bits per heavy atom. The van der Waals surface area contributed by atoms with Crippen molar-refractivity contribution in [1.29, 1.82) is 0 Å². The molecule has 2 aromatic heterocycles. The molecule has 1 aliphatic heterocycles. The van der Waals surface area contributed by atoms with Gasteiger partial charge < -0.3 is 9.88 Å². The third-order valence-electron chi connectivity index (χ3n) is 4.43. The molecule has 0 saturated heterocycles. The number of nitrogens with zero attached hydrogens (tertiary/aromatic N) is 4. The summed E-state index contributed by atoms with van der Waals surface area (Å²) in [5, 5.41) is 15.4. The van der Waals surface area contributed by atoms with Gasteiger partial charge in [-0.1, -0.05) is 0 Å². The summed E-state index contributed by atoms with van der Waals surface area (Å²) < 4.78 is 2.18. The molecule has 0 unspecified atom stereocenters. The minimum atomic E-state index is -0.346. The Bertz CT molecular complexity index is 718. The molecule has 0 fully saturated rings. The molecule has 1 amide bonds. The van der Waals surface area contributed by atoms with E-state index in [2.05, 4.69) is 30.4 Å². The van der Waals surface area contributed by atoms with Crippen LogP contribution in [0, 0.1) is 13.8 Å². The largest absolute Gasteiger partial charge is 0.314 e. The molecule has 3 heterocycles. The van der Waals surface area contributed by atoms with Crippen molar-refractivity contribution in [3.8, 4) is 0 Å². The van der Waals surface area contributed by atoms with E-state index < -0.39 is 0 Å². The van der Waals surface area contributed by atoms with Crippen LogP contribution in [0.1, 0.15) is 55.0 Å². The molecule has 7 nitrogen and oxygen atoms in total. The molecule has 130 valence electrons. The van der Waals surface area contributed by atoms with Crippen LogP contribution in [0.25, 0.3) is 0 Å². The van der Waals surface area contributed by atoms with E-state index in [9.17, 15) is 4.79 Å². The van der Waals surface area contributed by atoms with Crippen molar-refractivity contribution in [3.05, 3.63) is 22.2 Å². The zero-order valence-electron chi connectivity index (χ0n) is 14.6. The maximum Gasteiger partial charge on any atom is 0.243 e. The summed E-state index contributed by atoms with van der Waals surface area (Å²) in [6.07, 6.45) is 3.31. The quantitative estimate of drug-likeness (QED) is 0.866. The van der Waals surface area contributed by atoms with Crippen LogP contribution in [-0.4, -0.2) is 31.7 Å². The lowest BCUT2D eigenvalue weighted by Gasteiger charge is -2.21. The number of carbonyl (C=O) groups is 1. The molecule has 0 radical (unpaired) electrons. The summed E-state index contributed by atoms with van der Waals surface area (Å²) in [6.45, 7) is 8.78. The molecule has 2 aromatic rings. The lowest BCUT2D eigenvalue weighted by atomic mass is 10.1. The van der Waals surface area contributed by atoms with Crippen molar-refractivity contribution in [3.63, 3.8) is 0 Å². The second kappa shape index (κ2) is 6.98. The van der Waals surface area contributed by atoms with Gasteiger partial charge in [0.25, 0.3) is 0 Å². The molecule has 0 bridgehead atoms. The highest BCUT2D eigenvalue weighted by Crippen LogP contribution is 2.22. The number of hydrogen-bond donors (Lipinski definition) is 2. The molecule has 1 aliphatic rings. The van der Waals surface area contributed by atoms with Gasteiger partial charge in [-0.2, -0.15) is 0 Å². The van der Waals surface area contributed by atoms with Gasteiger partial charge in [0.15, 0.2) is 5.13 Å². The zero-order chi connectivity index (χ0) is 17.3. The molecular formula is C16H24N6OS. The van der Waals surface area contributed by atoms with Gasteiger partial charge >= 0.3 is 0 Å². The van der Waals surface area contributed by atoms with Crippen molar-refractivity contribution in [2.45, 2.75) is 65.6 Å². The Hall–Kier alpha value is -1.80. The van der Waals surface area contributed by atoms with Gasteiger partial charge in [0, 0.05) is 17.8 Å². The van der Waals surface area contributed by atoms with Gasteiger partial charge in [-0.15, -0.1) is 21.5 Å². The van der Waals surface area contributed by atoms with E-state index in [1.807, 2.05) is 27.7 Å². The van der Waals surface area contributed by atoms with Crippen LogP contribution in [0.5, 0.6) is 0 Å². The number of aromatic nitrogens is 4. The second-order valence-corrected chi connectivity index (χ2v) is 7.55. The van der Waals surface area contributed by atoms with Crippen LogP contribution in [0.3, 0.4) is 0 Å². The Labute approximate surface area is 145 Å². The van der Waals surface area contributed by atoms with Crippen LogP contribution in [0.2, 0.25) is 0 Å². The standard InChI is InChI=1S/C16H24N6OS/c1-9-12(4)24-16(18-9)19-15(23)11(3)17-10(2)14-21-20-13-7-5-6-8-22(13)14/h10-11,17H,5-8H2,1-4H3,(H,18,19,23)/t10-,11-/m1/s1. The SMILES string of the molecule is Cc1nc(NC(=O)[C@@H](C)N[C@H](C)c2nnc3n2CCCC3)sc1C. The first-order valence-corrected chi connectivity index (χ1v) is 9.20. The average molecular weight is 348 g/mol. The monoisotopic (exact) mass is 348 g/mol. The van der Waals surface area contributed by atoms with E-state index in [1.54, 1.807) is 0 Å². The number of nitrogens with one attached hydrogen (secondary N) is 2. The molecule has 0 saturated carbocycles. The van der Waals surface area contributed by atoms with Crippen molar-refractivity contribution in [2.75, 3.05) is 5.32 Å². The van der Waals surface area contributed by atoms with Gasteiger partial charge in [-0.25, -0.2) is 4.98 Å². The molecule has 24 heavy (non-hydrogen) atoms. The zero-order valence-corrected chi connectivity index (χ0v) is 15.4. The predicted octanol–water partition coefficient (Wildman–Crippen LogP) is 2.37. The van der Waals surface area contributed by atoms with Crippen LogP contribution in [0.4, 0.5) is 5.13 Å². The van der Waals surface area contributed by atoms with Crippen LogP contribution in [-0.2, 0) is 17.8 Å². The third kappa shape index (κ3) is 3.49. The third-order valence-corrected chi connectivity index (χ3v) is 5.42. The molecular weight excluding hydrogens is 324 g/mol. The average Bonchev–Trinajstić information content (AvgIpc) is 3.11. The summed E-state index contributed by atoms with van der Waals surface area (Å²) in [5.41, 5.74) is 0.958. The highest BCUT2D eigenvalue weighted by molar-refractivity contribution is 7.15. The minimum absolute atomic E-state index is 0.0372. The maximum atomic E-state index is 12.4. The van der Waals surface area contributed by atoms with E-state index in [0.717, 1.165) is 41.6 Å². The summed E-state index contributed by atoms with van der Waals surface area (Å²) >= 11 is 1.50. The number of hydrogen-bond acceptors (Lipinski definition) is 6. The fourth-order valence-electron chi connectivity index (χ4n) is 2.92. The van der Waals surface area contributed by atoms with E-state index in [-0.39, 0.29) is 18.0 Å². The van der Waals surface area contributed by atoms with Gasteiger partial charge in [0.05, 0.1) is 17.8 Å². The maximum absolute atomic E-state index is 12.4. The first-order chi connectivity index (χ1) is 11.5. The first-order valence-electron chi connectivity index (χ1n) is 8.38. The molecule has 3 rings (SSSR count). The number of carbonyl (C=O) groups excluding carboxylic acids is 1. The molecule has 0 aromatic carbocycles. The van der Waals surface area contributed by atoms with Crippen molar-refractivity contribution >= 4 is 22.4 Å². The molecule has 8 heteroatoms. The number of thiazole rings is 1. The van der Waals surface area contributed by atoms with Crippen LogP contribution >= 0.6 is 11.3 Å². The van der Waals surface area contributed by atoms with Crippen molar-refractivity contribution in [1.82, 2.24) is 25.1 Å². The fourth-order valence-corrected chi connectivity index (χ4v) is 3.73. The van der Waals surface area contributed by atoms with Crippen molar-refractivity contribution in [2.24, 2.45) is 0 Å². The minimum Gasteiger partial charge on any atom is -0.314 e. The normalized spacial score (nSPS) is 16.5. The van der Waals surface area contributed by atoms with E-state index in [0.29, 0.717) is 5.13 Å². The van der Waals surface area contributed by atoms with Gasteiger partial charge in [0.2, 0.25) is 5.91 Å². The summed E-state index contributed by atoms with van der Waals surface area (Å²) in [7, 11) is 0. The Morgan fingerprint density at radius 1 is 1.25 bits per heavy atom. The lowest BCUT2D eigenvalue weighted by Crippen LogP contribution is -2.40. The van der Waals surface area contributed by atoms with Crippen LogP contribution in [0.15, 0.2) is 0 Å².